The minimum atomic E-state index is 0.0126. The lowest BCUT2D eigenvalue weighted by atomic mass is 9.47. The Bertz CT molecular complexity index is 1560. The number of carbonyl (C=O) groups excluding carboxylic acids is 1. The highest BCUT2D eigenvalue weighted by Gasteiger charge is 2.59. The molecule has 57 heavy (non-hydrogen) atoms. The van der Waals surface area contributed by atoms with Gasteiger partial charge in [-0.2, -0.15) is 0 Å². The van der Waals surface area contributed by atoms with Crippen LogP contribution in [-0.4, -0.2) is 25.3 Å². The van der Waals surface area contributed by atoms with Gasteiger partial charge in [0.25, 0.3) is 0 Å². The molecule has 0 heterocycles. The summed E-state index contributed by atoms with van der Waals surface area (Å²) >= 11 is 0. The highest BCUT2D eigenvalue weighted by atomic mass is 16.5. The summed E-state index contributed by atoms with van der Waals surface area (Å²) < 4.78 is 18.2. The lowest BCUT2D eigenvalue weighted by Crippen LogP contribution is -2.51. The zero-order valence-electron chi connectivity index (χ0n) is 37.1. The quantitative estimate of drug-likeness (QED) is 0.0678. The second-order valence-electron chi connectivity index (χ2n) is 20.0. The van der Waals surface area contributed by atoms with Crippen molar-refractivity contribution in [3.8, 4) is 22.6 Å². The van der Waals surface area contributed by atoms with Crippen LogP contribution in [0.25, 0.3) is 11.1 Å². The Balaban J connectivity index is 0.853. The number of rotatable bonds is 22. The van der Waals surface area contributed by atoms with Crippen molar-refractivity contribution in [3.05, 3.63) is 60.2 Å². The summed E-state index contributed by atoms with van der Waals surface area (Å²) in [5.41, 5.74) is 4.78. The molecule has 0 amide bonds. The van der Waals surface area contributed by atoms with Crippen LogP contribution in [0.1, 0.15) is 176 Å². The number of ether oxygens (including phenoxy) is 3. The number of esters is 1. The standard InChI is InChI=1S/C53H80O4/c1-7-8-9-14-35-55-44-26-23-41(24-27-44)42-20-17-21-45(37-42)56-36-15-12-10-11-13-22-51(54)57-46-31-33-52(5)43(38-46)25-28-47-49-30-29-48(40(4)19-16-18-39(2)3)53(49,6)34-32-50(47)52/h17,20-21,23-27,37,39-40,46-50H,7-16,18-19,22,28-36,38H2,1-6H3/t40-,46+,47+,48-,49+,50+,52+,53-/m1/s1. The summed E-state index contributed by atoms with van der Waals surface area (Å²) in [4.78, 5) is 13.0. The van der Waals surface area contributed by atoms with Crippen LogP contribution in [-0.2, 0) is 9.53 Å². The number of hydrogen-bond acceptors (Lipinski definition) is 4. The molecule has 2 aromatic carbocycles. The van der Waals surface area contributed by atoms with Gasteiger partial charge in [0.2, 0.25) is 0 Å². The minimum absolute atomic E-state index is 0.0126. The van der Waals surface area contributed by atoms with E-state index in [2.05, 4.69) is 90.1 Å². The van der Waals surface area contributed by atoms with Gasteiger partial charge in [0.1, 0.15) is 17.6 Å². The number of benzene rings is 2. The lowest BCUT2D eigenvalue weighted by Gasteiger charge is -2.58. The summed E-state index contributed by atoms with van der Waals surface area (Å²) in [7, 11) is 0. The van der Waals surface area contributed by atoms with Gasteiger partial charge in [-0.3, -0.25) is 4.79 Å². The Morgan fingerprint density at radius 2 is 1.47 bits per heavy atom. The van der Waals surface area contributed by atoms with E-state index in [1.807, 2.05) is 6.07 Å². The van der Waals surface area contributed by atoms with Crippen LogP contribution in [0.15, 0.2) is 60.2 Å². The molecular weight excluding hydrogens is 701 g/mol. The maximum atomic E-state index is 13.0. The molecule has 3 fully saturated rings. The first-order valence-corrected chi connectivity index (χ1v) is 24.0. The SMILES string of the molecule is CCCCCCOc1ccc(-c2cccc(OCCCCCCCC(=O)O[C@H]3CC[C@@]4(C)C(=CC[C@H]5[C@@H]6CC[C@H]([C@H](C)CCCC(C)C)[C@@]6(C)CC[C@@H]54)C3)c2)cc1. The number of allylic oxidation sites excluding steroid dienone is 1. The van der Waals surface area contributed by atoms with Crippen molar-refractivity contribution in [2.24, 2.45) is 46.3 Å². The molecule has 0 aromatic heterocycles. The minimum Gasteiger partial charge on any atom is -0.494 e. The first-order chi connectivity index (χ1) is 27.6. The van der Waals surface area contributed by atoms with Crippen LogP contribution in [0.4, 0.5) is 0 Å². The second-order valence-corrected chi connectivity index (χ2v) is 20.0. The molecule has 3 saturated carbocycles. The fourth-order valence-corrected chi connectivity index (χ4v) is 12.3. The Labute approximate surface area is 348 Å². The molecule has 0 N–H and O–H groups in total. The second kappa shape index (κ2) is 21.0. The first kappa shape index (κ1) is 43.8. The molecule has 2 aromatic rings. The fourth-order valence-electron chi connectivity index (χ4n) is 12.3. The van der Waals surface area contributed by atoms with Gasteiger partial charge in [-0.05, 0) is 146 Å². The van der Waals surface area contributed by atoms with Crippen molar-refractivity contribution in [2.45, 2.75) is 182 Å². The fraction of sp³-hybridized carbons (Fsp3) is 0.717. The van der Waals surface area contributed by atoms with Crippen LogP contribution in [0.5, 0.6) is 11.5 Å². The topological polar surface area (TPSA) is 44.8 Å². The molecule has 0 saturated heterocycles. The van der Waals surface area contributed by atoms with E-state index in [0.717, 1.165) is 111 Å². The molecule has 0 bridgehead atoms. The Morgan fingerprint density at radius 1 is 0.737 bits per heavy atom. The molecule has 4 aliphatic carbocycles. The first-order valence-electron chi connectivity index (χ1n) is 24.0. The van der Waals surface area contributed by atoms with Gasteiger partial charge in [-0.15, -0.1) is 0 Å². The Kier molecular flexibility index (Phi) is 16.1. The molecule has 4 aliphatic rings. The van der Waals surface area contributed by atoms with E-state index < -0.39 is 0 Å². The van der Waals surface area contributed by atoms with E-state index in [0.29, 0.717) is 23.9 Å². The van der Waals surface area contributed by atoms with Gasteiger partial charge >= 0.3 is 5.97 Å². The summed E-state index contributed by atoms with van der Waals surface area (Å²) in [6, 6.07) is 16.8. The van der Waals surface area contributed by atoms with Crippen molar-refractivity contribution >= 4 is 5.97 Å². The van der Waals surface area contributed by atoms with E-state index in [4.69, 9.17) is 14.2 Å². The van der Waals surface area contributed by atoms with Crippen molar-refractivity contribution in [2.75, 3.05) is 13.2 Å². The zero-order chi connectivity index (χ0) is 40.3. The molecule has 0 unspecified atom stereocenters. The molecule has 0 spiro atoms. The van der Waals surface area contributed by atoms with Crippen LogP contribution in [0, 0.1) is 46.3 Å². The predicted molar refractivity (Wildman–Crippen MR) is 238 cm³/mol. The third-order valence-electron chi connectivity index (χ3n) is 15.6. The van der Waals surface area contributed by atoms with E-state index in [1.165, 1.54) is 82.6 Å². The Morgan fingerprint density at radius 3 is 2.25 bits per heavy atom. The average Bonchev–Trinajstić information content (AvgIpc) is 3.56. The lowest BCUT2D eigenvalue weighted by molar-refractivity contribution is -0.151. The normalized spacial score (nSPS) is 28.5. The number of carbonyl (C=O) groups is 1. The maximum absolute atomic E-state index is 13.0. The maximum Gasteiger partial charge on any atom is 0.306 e. The third-order valence-corrected chi connectivity index (χ3v) is 15.6. The van der Waals surface area contributed by atoms with Gasteiger partial charge in [0.15, 0.2) is 0 Å². The molecule has 6 rings (SSSR count). The van der Waals surface area contributed by atoms with Crippen LogP contribution in [0.3, 0.4) is 0 Å². The van der Waals surface area contributed by atoms with Crippen LogP contribution >= 0.6 is 0 Å². The molecule has 0 aliphatic heterocycles. The van der Waals surface area contributed by atoms with E-state index in [1.54, 1.807) is 5.57 Å². The summed E-state index contributed by atoms with van der Waals surface area (Å²) in [5, 5.41) is 0. The number of fused-ring (bicyclic) bond motifs is 5. The van der Waals surface area contributed by atoms with Crippen molar-refractivity contribution in [1.82, 2.24) is 0 Å². The van der Waals surface area contributed by atoms with E-state index in [-0.39, 0.29) is 12.1 Å². The number of hydrogen-bond donors (Lipinski definition) is 0. The molecule has 8 atom stereocenters. The summed E-state index contributed by atoms with van der Waals surface area (Å²) in [6.07, 6.45) is 27.7. The van der Waals surface area contributed by atoms with Crippen molar-refractivity contribution in [3.63, 3.8) is 0 Å². The van der Waals surface area contributed by atoms with E-state index >= 15 is 0 Å². The Hall–Kier alpha value is -2.75. The predicted octanol–water partition coefficient (Wildman–Crippen LogP) is 15.0. The molecular formula is C53H80O4. The van der Waals surface area contributed by atoms with Crippen molar-refractivity contribution in [1.29, 1.82) is 0 Å². The molecule has 4 heteroatoms. The smallest absolute Gasteiger partial charge is 0.306 e. The molecule has 316 valence electrons. The van der Waals surface area contributed by atoms with Crippen molar-refractivity contribution < 1.29 is 19.0 Å². The average molecular weight is 781 g/mol. The number of unbranched alkanes of at least 4 members (excludes halogenated alkanes) is 7. The molecule has 4 nitrogen and oxygen atoms in total. The largest absolute Gasteiger partial charge is 0.494 e. The van der Waals surface area contributed by atoms with Gasteiger partial charge < -0.3 is 14.2 Å². The van der Waals surface area contributed by atoms with Gasteiger partial charge in [0.05, 0.1) is 13.2 Å². The van der Waals surface area contributed by atoms with E-state index in [9.17, 15) is 4.79 Å². The highest BCUT2D eigenvalue weighted by molar-refractivity contribution is 5.69. The summed E-state index contributed by atoms with van der Waals surface area (Å²) in [6.45, 7) is 16.4. The highest BCUT2D eigenvalue weighted by Crippen LogP contribution is 2.67. The molecule has 0 radical (unpaired) electrons. The van der Waals surface area contributed by atoms with Crippen LogP contribution in [0.2, 0.25) is 0 Å². The van der Waals surface area contributed by atoms with Gasteiger partial charge in [-0.25, -0.2) is 0 Å². The van der Waals surface area contributed by atoms with Gasteiger partial charge in [0, 0.05) is 12.8 Å². The van der Waals surface area contributed by atoms with Gasteiger partial charge in [-0.1, -0.05) is 135 Å². The monoisotopic (exact) mass is 781 g/mol. The third kappa shape index (κ3) is 11.3. The van der Waals surface area contributed by atoms with Crippen LogP contribution < -0.4 is 9.47 Å². The summed E-state index contributed by atoms with van der Waals surface area (Å²) in [5.74, 6) is 7.02. The zero-order valence-corrected chi connectivity index (χ0v) is 37.1.